The second kappa shape index (κ2) is 4.94. The summed E-state index contributed by atoms with van der Waals surface area (Å²) in [5.74, 6) is 0. The van der Waals surface area contributed by atoms with Gasteiger partial charge in [0.25, 0.3) is 0 Å². The van der Waals surface area contributed by atoms with E-state index in [1.54, 1.807) is 17.5 Å². The monoisotopic (exact) mass is 336 g/mol. The van der Waals surface area contributed by atoms with Crippen LogP contribution in [-0.4, -0.2) is 14.4 Å². The Morgan fingerprint density at radius 3 is 3.05 bits per heavy atom. The molecule has 98 valence electrons. The Balaban J connectivity index is 1.89. The molecule has 6 heteroatoms. The summed E-state index contributed by atoms with van der Waals surface area (Å²) in [5, 5.41) is 3.39. The van der Waals surface area contributed by atoms with E-state index in [1.165, 1.54) is 10.6 Å². The Hall–Kier alpha value is -1.40. The highest BCUT2D eigenvalue weighted by Gasteiger charge is 2.11. The molecule has 19 heavy (non-hydrogen) atoms. The molecule has 3 rings (SSSR count). The summed E-state index contributed by atoms with van der Waals surface area (Å²) >= 11 is 5.15. The van der Waals surface area contributed by atoms with Crippen LogP contribution in [0.4, 0.5) is 5.69 Å². The molecule has 1 N–H and O–H groups in total. The highest BCUT2D eigenvalue weighted by atomic mass is 79.9. The van der Waals surface area contributed by atoms with Gasteiger partial charge in [-0.15, -0.1) is 11.3 Å². The number of pyridine rings is 1. The molecule has 0 aliphatic carbocycles. The fourth-order valence-electron chi connectivity index (χ4n) is 2.02. The zero-order chi connectivity index (χ0) is 13.4. The molecule has 3 heterocycles. The molecular formula is C13H13BrN4S. The molecule has 0 amide bonds. The van der Waals surface area contributed by atoms with Gasteiger partial charge >= 0.3 is 0 Å². The molecule has 0 fully saturated rings. The molecule has 3 aromatic rings. The number of hydrogen-bond acceptors (Lipinski definition) is 4. The highest BCUT2D eigenvalue weighted by molar-refractivity contribution is 9.10. The van der Waals surface area contributed by atoms with Gasteiger partial charge in [-0.1, -0.05) is 0 Å². The second-order valence-electron chi connectivity index (χ2n) is 4.33. The minimum atomic E-state index is 0.730. The Bertz CT molecular complexity index is 731. The third-order valence-electron chi connectivity index (χ3n) is 2.95. The molecule has 0 spiro atoms. The number of fused-ring (bicyclic) bond motifs is 1. The Morgan fingerprint density at radius 2 is 2.26 bits per heavy atom. The number of nitrogens with zero attached hydrogens (tertiary/aromatic N) is 3. The first kappa shape index (κ1) is 12.6. The van der Waals surface area contributed by atoms with Crippen molar-refractivity contribution in [2.45, 2.75) is 20.4 Å². The van der Waals surface area contributed by atoms with Crippen LogP contribution in [0.5, 0.6) is 0 Å². The first-order chi connectivity index (χ1) is 9.15. The lowest BCUT2D eigenvalue weighted by Gasteiger charge is -2.07. The van der Waals surface area contributed by atoms with E-state index in [4.69, 9.17) is 0 Å². The van der Waals surface area contributed by atoms with Gasteiger partial charge in [0, 0.05) is 17.3 Å². The van der Waals surface area contributed by atoms with Crippen molar-refractivity contribution < 1.29 is 0 Å². The highest BCUT2D eigenvalue weighted by Crippen LogP contribution is 2.23. The number of anilines is 1. The third-order valence-corrected chi connectivity index (χ3v) is 4.48. The zero-order valence-electron chi connectivity index (χ0n) is 10.6. The zero-order valence-corrected chi connectivity index (χ0v) is 13.0. The molecule has 0 radical (unpaired) electrons. The maximum absolute atomic E-state index is 4.58. The van der Waals surface area contributed by atoms with E-state index in [0.29, 0.717) is 0 Å². The maximum atomic E-state index is 4.58. The van der Waals surface area contributed by atoms with Gasteiger partial charge in [0.1, 0.15) is 4.60 Å². The summed E-state index contributed by atoms with van der Waals surface area (Å²) in [6, 6.07) is 3.92. The Morgan fingerprint density at radius 1 is 1.42 bits per heavy atom. The molecule has 0 atom stereocenters. The number of halogens is 1. The van der Waals surface area contributed by atoms with E-state index >= 15 is 0 Å². The maximum Gasteiger partial charge on any atom is 0.194 e. The number of hydrogen-bond donors (Lipinski definition) is 1. The van der Waals surface area contributed by atoms with Crippen LogP contribution in [0.1, 0.15) is 16.3 Å². The van der Waals surface area contributed by atoms with Crippen LogP contribution < -0.4 is 5.32 Å². The quantitative estimate of drug-likeness (QED) is 0.740. The van der Waals surface area contributed by atoms with Gasteiger partial charge in [0.15, 0.2) is 4.96 Å². The standard InChI is InChI=1S/C13H13BrN4S/c1-8-7-18-11(9(2)17-13(18)19-8)6-16-10-4-3-5-15-12(10)14/h3-5,7,16H,6H2,1-2H3. The summed E-state index contributed by atoms with van der Waals surface area (Å²) in [4.78, 5) is 11.1. The molecule has 4 nitrogen and oxygen atoms in total. The molecule has 0 aromatic carbocycles. The van der Waals surface area contributed by atoms with E-state index in [1.807, 2.05) is 19.1 Å². The number of thiazole rings is 1. The van der Waals surface area contributed by atoms with Gasteiger partial charge in [0.05, 0.1) is 23.6 Å². The van der Waals surface area contributed by atoms with Crippen LogP contribution >= 0.6 is 27.3 Å². The summed E-state index contributed by atoms with van der Waals surface area (Å²) in [5.41, 5.74) is 3.25. The smallest absolute Gasteiger partial charge is 0.194 e. The van der Waals surface area contributed by atoms with Crippen molar-refractivity contribution in [3.05, 3.63) is 45.4 Å². The van der Waals surface area contributed by atoms with E-state index in [-0.39, 0.29) is 0 Å². The van der Waals surface area contributed by atoms with Crippen LogP contribution in [0.25, 0.3) is 4.96 Å². The lowest BCUT2D eigenvalue weighted by atomic mass is 10.3. The summed E-state index contributed by atoms with van der Waals surface area (Å²) in [6.07, 6.45) is 3.90. The fourth-order valence-corrected chi connectivity index (χ4v) is 3.30. The number of imidazole rings is 1. The Kier molecular flexibility index (Phi) is 3.28. The summed E-state index contributed by atoms with van der Waals surface area (Å²) in [6.45, 7) is 4.88. The molecule has 0 aliphatic rings. The average Bonchev–Trinajstić information content (AvgIpc) is 2.84. The van der Waals surface area contributed by atoms with Crippen LogP contribution in [0.2, 0.25) is 0 Å². The van der Waals surface area contributed by atoms with Crippen LogP contribution in [0.15, 0.2) is 29.1 Å². The van der Waals surface area contributed by atoms with E-state index < -0.39 is 0 Å². The lowest BCUT2D eigenvalue weighted by Crippen LogP contribution is -2.04. The molecule has 0 saturated heterocycles. The second-order valence-corrected chi connectivity index (χ2v) is 6.30. The topological polar surface area (TPSA) is 42.2 Å². The number of rotatable bonds is 3. The van der Waals surface area contributed by atoms with Crippen molar-refractivity contribution in [3.63, 3.8) is 0 Å². The largest absolute Gasteiger partial charge is 0.377 e. The Labute approximate surface area is 123 Å². The van der Waals surface area contributed by atoms with Gasteiger partial charge in [0.2, 0.25) is 0 Å². The van der Waals surface area contributed by atoms with E-state index in [2.05, 4.69) is 48.7 Å². The van der Waals surface area contributed by atoms with Crippen molar-refractivity contribution in [3.8, 4) is 0 Å². The van der Waals surface area contributed by atoms with Gasteiger partial charge < -0.3 is 5.32 Å². The lowest BCUT2D eigenvalue weighted by molar-refractivity contribution is 0.987. The van der Waals surface area contributed by atoms with Crippen molar-refractivity contribution in [2.24, 2.45) is 0 Å². The normalized spacial score (nSPS) is 11.1. The van der Waals surface area contributed by atoms with Crippen molar-refractivity contribution >= 4 is 37.9 Å². The first-order valence-corrected chi connectivity index (χ1v) is 7.54. The number of aromatic nitrogens is 3. The van der Waals surface area contributed by atoms with Gasteiger partial charge in [-0.25, -0.2) is 9.97 Å². The molecule has 3 aromatic heterocycles. The van der Waals surface area contributed by atoms with Crippen LogP contribution in [0.3, 0.4) is 0 Å². The summed E-state index contributed by atoms with van der Waals surface area (Å²) < 4.78 is 2.99. The average molecular weight is 337 g/mol. The number of aryl methyl sites for hydroxylation is 2. The molecule has 0 unspecified atom stereocenters. The van der Waals surface area contributed by atoms with Crippen LogP contribution in [-0.2, 0) is 6.54 Å². The number of nitrogens with one attached hydrogen (secondary N) is 1. The van der Waals surface area contributed by atoms with Crippen LogP contribution in [0, 0.1) is 13.8 Å². The predicted octanol–water partition coefficient (Wildman–Crippen LogP) is 3.78. The fraction of sp³-hybridized carbons (Fsp3) is 0.231. The predicted molar refractivity (Wildman–Crippen MR) is 81.8 cm³/mol. The van der Waals surface area contributed by atoms with Gasteiger partial charge in [-0.3, -0.25) is 4.40 Å². The third kappa shape index (κ3) is 2.37. The molecule has 0 bridgehead atoms. The van der Waals surface area contributed by atoms with E-state index in [9.17, 15) is 0 Å². The molecular weight excluding hydrogens is 324 g/mol. The minimum absolute atomic E-state index is 0.730. The van der Waals surface area contributed by atoms with Crippen molar-refractivity contribution in [1.29, 1.82) is 0 Å². The van der Waals surface area contributed by atoms with Gasteiger partial charge in [-0.2, -0.15) is 0 Å². The van der Waals surface area contributed by atoms with Crippen molar-refractivity contribution in [1.82, 2.24) is 14.4 Å². The SMILES string of the molecule is Cc1cn2c(CNc3cccnc3Br)c(C)nc2s1. The molecule has 0 saturated carbocycles. The summed E-state index contributed by atoms with van der Waals surface area (Å²) in [7, 11) is 0. The van der Waals surface area contributed by atoms with Gasteiger partial charge in [-0.05, 0) is 41.9 Å². The van der Waals surface area contributed by atoms with Crippen molar-refractivity contribution in [2.75, 3.05) is 5.32 Å². The van der Waals surface area contributed by atoms with E-state index in [0.717, 1.165) is 27.5 Å². The first-order valence-electron chi connectivity index (χ1n) is 5.93. The minimum Gasteiger partial charge on any atom is -0.377 e. The molecule has 0 aliphatic heterocycles.